The largest absolute Gasteiger partial charge is 0.492 e. The Labute approximate surface area is 124 Å². The Bertz CT molecular complexity index is 433. The predicted molar refractivity (Wildman–Crippen MR) is 81.1 cm³/mol. The normalized spacial score (nSPS) is 21.8. The third kappa shape index (κ3) is 5.31. The van der Waals surface area contributed by atoms with Crippen LogP contribution in [0.5, 0.6) is 5.75 Å². The molecule has 2 unspecified atom stereocenters. The van der Waals surface area contributed by atoms with Crippen LogP contribution >= 0.6 is 11.8 Å². The van der Waals surface area contributed by atoms with E-state index in [0.29, 0.717) is 23.7 Å². The molecular weight excluding hydrogens is 274 g/mol. The van der Waals surface area contributed by atoms with Crippen molar-refractivity contribution in [1.82, 2.24) is 4.98 Å². The van der Waals surface area contributed by atoms with E-state index in [0.717, 1.165) is 24.3 Å². The first kappa shape index (κ1) is 15.6. The Morgan fingerprint density at radius 1 is 1.35 bits per heavy atom. The summed E-state index contributed by atoms with van der Waals surface area (Å²) in [5, 5.41) is 10.4. The fourth-order valence-electron chi connectivity index (χ4n) is 1.88. The second-order valence-corrected chi connectivity index (χ2v) is 7.00. The molecule has 4 nitrogen and oxygen atoms in total. The number of aliphatic hydroxyl groups is 1. The van der Waals surface area contributed by atoms with Crippen LogP contribution in [-0.2, 0) is 11.2 Å². The Morgan fingerprint density at radius 2 is 2.10 bits per heavy atom. The molecule has 112 valence electrons. The highest BCUT2D eigenvalue weighted by molar-refractivity contribution is 8.07. The summed E-state index contributed by atoms with van der Waals surface area (Å²) >= 11 is 1.83. The van der Waals surface area contributed by atoms with E-state index in [4.69, 9.17) is 9.47 Å². The molecular formula is C15H23NO3S. The summed E-state index contributed by atoms with van der Waals surface area (Å²) in [5.41, 5.74) is 1.08. The topological polar surface area (TPSA) is 51.6 Å². The van der Waals surface area contributed by atoms with E-state index < -0.39 is 5.79 Å². The quantitative estimate of drug-likeness (QED) is 0.590. The number of hydrogen-bond acceptors (Lipinski definition) is 5. The first-order valence-electron chi connectivity index (χ1n) is 7.07. The van der Waals surface area contributed by atoms with Gasteiger partial charge < -0.3 is 14.6 Å². The van der Waals surface area contributed by atoms with Crippen molar-refractivity contribution in [3.63, 3.8) is 0 Å². The van der Waals surface area contributed by atoms with E-state index in [-0.39, 0.29) is 0 Å². The highest BCUT2D eigenvalue weighted by Gasteiger charge is 2.40. The summed E-state index contributed by atoms with van der Waals surface area (Å²) in [6, 6.07) is 3.91. The Balaban J connectivity index is 1.70. The summed E-state index contributed by atoms with van der Waals surface area (Å²) in [6.07, 6.45) is 3.87. The van der Waals surface area contributed by atoms with Crippen LogP contribution in [0.15, 0.2) is 18.3 Å². The smallest absolute Gasteiger partial charge is 0.159 e. The van der Waals surface area contributed by atoms with Gasteiger partial charge in [-0.2, -0.15) is 0 Å². The maximum atomic E-state index is 9.50. The minimum atomic E-state index is -1.05. The number of aromatic nitrogens is 1. The van der Waals surface area contributed by atoms with E-state index in [1.807, 2.05) is 23.9 Å². The monoisotopic (exact) mass is 297 g/mol. The number of aryl methyl sites for hydroxylation is 1. The molecule has 20 heavy (non-hydrogen) atoms. The van der Waals surface area contributed by atoms with Crippen molar-refractivity contribution in [1.29, 1.82) is 0 Å². The van der Waals surface area contributed by atoms with Gasteiger partial charge in [0.25, 0.3) is 0 Å². The average molecular weight is 297 g/mol. The first-order valence-corrected chi connectivity index (χ1v) is 8.02. The van der Waals surface area contributed by atoms with Crippen LogP contribution in [0.1, 0.15) is 32.9 Å². The summed E-state index contributed by atoms with van der Waals surface area (Å²) < 4.78 is 11.2. The van der Waals surface area contributed by atoms with Gasteiger partial charge in [0.2, 0.25) is 0 Å². The maximum absolute atomic E-state index is 9.50. The Kier molecular flexibility index (Phi) is 5.29. The Hall–Kier alpha value is -0.780. The minimum Gasteiger partial charge on any atom is -0.492 e. The van der Waals surface area contributed by atoms with Crippen molar-refractivity contribution >= 4 is 11.8 Å². The molecule has 2 heterocycles. The third-order valence-electron chi connectivity index (χ3n) is 3.00. The van der Waals surface area contributed by atoms with Crippen molar-refractivity contribution in [2.75, 3.05) is 13.2 Å². The van der Waals surface area contributed by atoms with Gasteiger partial charge in [0.1, 0.15) is 12.4 Å². The van der Waals surface area contributed by atoms with E-state index >= 15 is 0 Å². The number of hydrogen-bond donors (Lipinski definition) is 1. The van der Waals surface area contributed by atoms with Crippen molar-refractivity contribution in [2.24, 2.45) is 0 Å². The zero-order valence-corrected chi connectivity index (χ0v) is 13.2. The zero-order chi connectivity index (χ0) is 14.6. The number of thioether (sulfide) groups is 1. The summed E-state index contributed by atoms with van der Waals surface area (Å²) in [4.78, 5) is 4.31. The van der Waals surface area contributed by atoms with E-state index in [1.165, 1.54) is 0 Å². The van der Waals surface area contributed by atoms with Crippen LogP contribution in [-0.4, -0.2) is 39.6 Å². The second-order valence-electron chi connectivity index (χ2n) is 5.51. The van der Waals surface area contributed by atoms with E-state index in [2.05, 4.69) is 11.9 Å². The fourth-order valence-corrected chi connectivity index (χ4v) is 2.68. The molecule has 0 amide bonds. The van der Waals surface area contributed by atoms with Crippen LogP contribution in [0.4, 0.5) is 0 Å². The molecule has 1 aliphatic rings. The number of ether oxygens (including phenoxy) is 2. The zero-order valence-electron chi connectivity index (χ0n) is 12.3. The molecule has 0 radical (unpaired) electrons. The van der Waals surface area contributed by atoms with Crippen LogP contribution in [0.2, 0.25) is 0 Å². The van der Waals surface area contributed by atoms with E-state index in [9.17, 15) is 5.11 Å². The molecule has 1 aromatic heterocycles. The lowest BCUT2D eigenvalue weighted by molar-refractivity contribution is -0.174. The molecule has 2 rings (SSSR count). The standard InChI is InChI=1S/C15H23NO3S/c1-4-5-11-8-12(6-7-16-11)18-9-13-14(20-13)10-19-15(2,3)17/h6-8,13-14,17H,4-5,9-10H2,1-3H3. The van der Waals surface area contributed by atoms with Crippen molar-refractivity contribution < 1.29 is 14.6 Å². The predicted octanol–water partition coefficient (Wildman–Crippen LogP) is 2.64. The minimum absolute atomic E-state index is 0.429. The number of nitrogens with zero attached hydrogens (tertiary/aromatic N) is 1. The van der Waals surface area contributed by atoms with Gasteiger partial charge in [-0.3, -0.25) is 4.98 Å². The molecule has 0 aliphatic carbocycles. The van der Waals surface area contributed by atoms with Gasteiger partial charge in [0.15, 0.2) is 5.79 Å². The van der Waals surface area contributed by atoms with Gasteiger partial charge in [-0.25, -0.2) is 0 Å². The second kappa shape index (κ2) is 6.78. The maximum Gasteiger partial charge on any atom is 0.159 e. The lowest BCUT2D eigenvalue weighted by Gasteiger charge is -2.17. The van der Waals surface area contributed by atoms with Gasteiger partial charge in [-0.15, -0.1) is 11.8 Å². The van der Waals surface area contributed by atoms with E-state index in [1.54, 1.807) is 20.0 Å². The molecule has 1 aliphatic heterocycles. The summed E-state index contributed by atoms with van der Waals surface area (Å²) in [7, 11) is 0. The number of pyridine rings is 1. The van der Waals surface area contributed by atoms with Gasteiger partial charge >= 0.3 is 0 Å². The first-order chi connectivity index (χ1) is 9.48. The molecule has 0 bridgehead atoms. The molecule has 5 heteroatoms. The van der Waals surface area contributed by atoms with Crippen molar-refractivity contribution in [2.45, 2.75) is 49.9 Å². The van der Waals surface area contributed by atoms with Gasteiger partial charge in [-0.1, -0.05) is 13.3 Å². The lowest BCUT2D eigenvalue weighted by atomic mass is 10.2. The summed E-state index contributed by atoms with van der Waals surface area (Å²) in [5.74, 6) is -0.160. The average Bonchev–Trinajstić information content (AvgIpc) is 3.13. The molecule has 1 fully saturated rings. The van der Waals surface area contributed by atoms with Crippen LogP contribution in [0.3, 0.4) is 0 Å². The SMILES string of the molecule is CCCc1cc(OCC2SC2COC(C)(C)O)ccn1. The lowest BCUT2D eigenvalue weighted by Crippen LogP contribution is -2.26. The molecule has 1 N–H and O–H groups in total. The van der Waals surface area contributed by atoms with Crippen molar-refractivity contribution in [3.8, 4) is 5.75 Å². The van der Waals surface area contributed by atoms with Crippen LogP contribution < -0.4 is 4.74 Å². The van der Waals surface area contributed by atoms with Crippen LogP contribution in [0, 0.1) is 0 Å². The number of rotatable bonds is 8. The molecule has 0 spiro atoms. The molecule has 1 aromatic rings. The Morgan fingerprint density at radius 3 is 2.80 bits per heavy atom. The van der Waals surface area contributed by atoms with Gasteiger partial charge in [0.05, 0.1) is 11.9 Å². The fraction of sp³-hybridized carbons (Fsp3) is 0.667. The summed E-state index contributed by atoms with van der Waals surface area (Å²) in [6.45, 7) is 6.69. The van der Waals surface area contributed by atoms with Gasteiger partial charge in [-0.05, 0) is 26.3 Å². The van der Waals surface area contributed by atoms with Gasteiger partial charge in [0, 0.05) is 23.2 Å². The third-order valence-corrected chi connectivity index (χ3v) is 4.31. The van der Waals surface area contributed by atoms with Crippen molar-refractivity contribution in [3.05, 3.63) is 24.0 Å². The highest BCUT2D eigenvalue weighted by Crippen LogP contribution is 2.42. The molecule has 0 aromatic carbocycles. The molecule has 2 atom stereocenters. The molecule has 0 saturated carbocycles. The van der Waals surface area contributed by atoms with Crippen LogP contribution in [0.25, 0.3) is 0 Å². The molecule has 1 saturated heterocycles. The highest BCUT2D eigenvalue weighted by atomic mass is 32.2.